The van der Waals surface area contributed by atoms with Crippen LogP contribution in [0.4, 0.5) is 0 Å². The monoisotopic (exact) mass is 195 g/mol. The Bertz CT molecular complexity index is 264. The Kier molecular flexibility index (Phi) is 3.97. The minimum absolute atomic E-state index is 0.211. The van der Waals surface area contributed by atoms with Crippen LogP contribution in [0.3, 0.4) is 0 Å². The summed E-state index contributed by atoms with van der Waals surface area (Å²) in [4.78, 5) is 13.0. The normalized spacial score (nSPS) is 27.9. The van der Waals surface area contributed by atoms with Crippen LogP contribution >= 0.6 is 0 Å². The van der Waals surface area contributed by atoms with E-state index < -0.39 is 5.97 Å². The zero-order valence-electron chi connectivity index (χ0n) is 8.79. The van der Waals surface area contributed by atoms with Gasteiger partial charge in [0.15, 0.2) is 0 Å². The third kappa shape index (κ3) is 3.04. The number of carbonyl (C=O) groups is 1. The Hall–Kier alpha value is -1.01. The number of hydrogen-bond donors (Lipinski definition) is 1. The van der Waals surface area contributed by atoms with Crippen LogP contribution in [-0.2, 0) is 4.79 Å². The highest BCUT2D eigenvalue weighted by Gasteiger charge is 2.28. The summed E-state index contributed by atoms with van der Waals surface area (Å²) in [6, 6.07) is 0. The second kappa shape index (κ2) is 5.02. The molecule has 2 atom stereocenters. The lowest BCUT2D eigenvalue weighted by Gasteiger charge is -2.33. The van der Waals surface area contributed by atoms with E-state index in [1.165, 1.54) is 0 Å². The molecule has 14 heavy (non-hydrogen) atoms. The maximum Gasteiger partial charge on any atom is 0.307 e. The summed E-state index contributed by atoms with van der Waals surface area (Å²) in [7, 11) is 0. The van der Waals surface area contributed by atoms with Crippen molar-refractivity contribution in [2.45, 2.75) is 20.3 Å². The number of carboxylic acid groups (broad SMARTS) is 1. The Labute approximate surface area is 85.1 Å². The van der Waals surface area contributed by atoms with Gasteiger partial charge in [0.1, 0.15) is 0 Å². The average Bonchev–Trinajstić information content (AvgIpc) is 2.14. The van der Waals surface area contributed by atoms with Crippen molar-refractivity contribution in [1.29, 1.82) is 0 Å². The van der Waals surface area contributed by atoms with Gasteiger partial charge in [0.25, 0.3) is 0 Å². The molecule has 0 bridgehead atoms. The van der Waals surface area contributed by atoms with Gasteiger partial charge in [-0.2, -0.15) is 0 Å². The molecule has 3 nitrogen and oxygen atoms in total. The average molecular weight is 195 g/mol. The fourth-order valence-electron chi connectivity index (χ4n) is 1.96. The van der Waals surface area contributed by atoms with Crippen molar-refractivity contribution in [3.63, 3.8) is 0 Å². The minimum Gasteiger partial charge on any atom is -0.481 e. The highest BCUT2D eigenvalue weighted by Crippen LogP contribution is 2.21. The van der Waals surface area contributed by atoms with Gasteiger partial charge in [0.2, 0.25) is 0 Å². The predicted molar refractivity (Wildman–Crippen MR) is 54.8 cm³/mol. The van der Waals surface area contributed by atoms with Gasteiger partial charge in [-0.15, -0.1) is 5.92 Å². The smallest absolute Gasteiger partial charge is 0.307 e. The summed E-state index contributed by atoms with van der Waals surface area (Å²) < 4.78 is 0. The Morgan fingerprint density at radius 1 is 1.57 bits per heavy atom. The molecule has 1 fully saturated rings. The SMILES string of the molecule is CC#CCN1CC(C)CC(C(=O)O)C1. The van der Waals surface area contributed by atoms with E-state index in [0.717, 1.165) is 13.0 Å². The third-order valence-electron chi connectivity index (χ3n) is 2.56. The standard InChI is InChI=1S/C11H17NO2/c1-3-4-5-12-7-9(2)6-10(8-12)11(13)14/h9-10H,5-8H2,1-2H3,(H,13,14). The molecular weight excluding hydrogens is 178 g/mol. The maximum absolute atomic E-state index is 10.9. The largest absolute Gasteiger partial charge is 0.481 e. The van der Waals surface area contributed by atoms with Gasteiger partial charge < -0.3 is 5.11 Å². The zero-order valence-corrected chi connectivity index (χ0v) is 8.79. The van der Waals surface area contributed by atoms with Crippen LogP contribution in [0.1, 0.15) is 20.3 Å². The van der Waals surface area contributed by atoms with Crippen molar-refractivity contribution in [2.75, 3.05) is 19.6 Å². The molecule has 78 valence electrons. The number of carboxylic acids is 1. The fourth-order valence-corrected chi connectivity index (χ4v) is 1.96. The number of piperidine rings is 1. The number of rotatable bonds is 2. The summed E-state index contributed by atoms with van der Waals surface area (Å²) in [5, 5.41) is 8.94. The molecule has 0 spiro atoms. The Morgan fingerprint density at radius 3 is 2.86 bits per heavy atom. The molecule has 0 aromatic heterocycles. The van der Waals surface area contributed by atoms with Gasteiger partial charge in [-0.25, -0.2) is 0 Å². The van der Waals surface area contributed by atoms with E-state index in [0.29, 0.717) is 19.0 Å². The van der Waals surface area contributed by atoms with Crippen LogP contribution < -0.4 is 0 Å². The summed E-state index contributed by atoms with van der Waals surface area (Å²) in [6.45, 7) is 6.22. The molecule has 0 aliphatic carbocycles. The van der Waals surface area contributed by atoms with E-state index >= 15 is 0 Å². The fraction of sp³-hybridized carbons (Fsp3) is 0.727. The van der Waals surface area contributed by atoms with Crippen LogP contribution in [0.5, 0.6) is 0 Å². The van der Waals surface area contributed by atoms with Crippen LogP contribution in [0.15, 0.2) is 0 Å². The predicted octanol–water partition coefficient (Wildman–Crippen LogP) is 1.05. The van der Waals surface area contributed by atoms with E-state index in [4.69, 9.17) is 5.11 Å². The van der Waals surface area contributed by atoms with Gasteiger partial charge in [-0.1, -0.05) is 12.8 Å². The molecule has 0 aromatic carbocycles. The lowest BCUT2D eigenvalue weighted by atomic mass is 9.90. The van der Waals surface area contributed by atoms with Crippen molar-refractivity contribution in [1.82, 2.24) is 4.90 Å². The minimum atomic E-state index is -0.675. The molecule has 0 radical (unpaired) electrons. The Balaban J connectivity index is 2.52. The number of aliphatic carboxylic acids is 1. The first-order valence-corrected chi connectivity index (χ1v) is 4.98. The van der Waals surface area contributed by atoms with E-state index in [2.05, 4.69) is 23.7 Å². The van der Waals surface area contributed by atoms with Crippen LogP contribution in [0, 0.1) is 23.7 Å². The van der Waals surface area contributed by atoms with Gasteiger partial charge in [0.05, 0.1) is 12.5 Å². The van der Waals surface area contributed by atoms with Crippen molar-refractivity contribution in [3.05, 3.63) is 0 Å². The molecule has 1 aliphatic rings. The number of likely N-dealkylation sites (tertiary alicyclic amines) is 1. The number of nitrogens with zero attached hydrogens (tertiary/aromatic N) is 1. The van der Waals surface area contributed by atoms with Gasteiger partial charge in [-0.05, 0) is 19.3 Å². The van der Waals surface area contributed by atoms with Crippen molar-refractivity contribution in [2.24, 2.45) is 11.8 Å². The van der Waals surface area contributed by atoms with Crippen LogP contribution in [-0.4, -0.2) is 35.6 Å². The molecule has 3 heteroatoms. The summed E-state index contributed by atoms with van der Waals surface area (Å²) in [6.07, 6.45) is 0.797. The van der Waals surface area contributed by atoms with Crippen LogP contribution in [0.25, 0.3) is 0 Å². The van der Waals surface area contributed by atoms with E-state index in [-0.39, 0.29) is 5.92 Å². The van der Waals surface area contributed by atoms with Crippen molar-refractivity contribution in [3.8, 4) is 11.8 Å². The Morgan fingerprint density at radius 2 is 2.29 bits per heavy atom. The van der Waals surface area contributed by atoms with E-state index in [9.17, 15) is 4.79 Å². The highest BCUT2D eigenvalue weighted by atomic mass is 16.4. The molecule has 0 amide bonds. The van der Waals surface area contributed by atoms with Crippen molar-refractivity contribution >= 4 is 5.97 Å². The second-order valence-corrected chi connectivity index (χ2v) is 4.00. The summed E-state index contributed by atoms with van der Waals surface area (Å²) in [5.74, 6) is 5.39. The topological polar surface area (TPSA) is 40.5 Å². The lowest BCUT2D eigenvalue weighted by molar-refractivity contribution is -0.144. The van der Waals surface area contributed by atoms with E-state index in [1.807, 2.05) is 6.92 Å². The van der Waals surface area contributed by atoms with E-state index in [1.54, 1.807) is 0 Å². The third-order valence-corrected chi connectivity index (χ3v) is 2.56. The second-order valence-electron chi connectivity index (χ2n) is 4.00. The lowest BCUT2D eigenvalue weighted by Crippen LogP contribution is -2.42. The molecule has 0 aromatic rings. The number of hydrogen-bond acceptors (Lipinski definition) is 2. The van der Waals surface area contributed by atoms with Gasteiger partial charge >= 0.3 is 5.97 Å². The first-order chi connectivity index (χ1) is 6.63. The molecule has 2 unspecified atom stereocenters. The molecule has 1 saturated heterocycles. The molecule has 1 aliphatic heterocycles. The quantitative estimate of drug-likeness (QED) is 0.670. The molecular formula is C11H17NO2. The summed E-state index contributed by atoms with van der Waals surface area (Å²) in [5.41, 5.74) is 0. The van der Waals surface area contributed by atoms with Crippen LogP contribution in [0.2, 0.25) is 0 Å². The highest BCUT2D eigenvalue weighted by molar-refractivity contribution is 5.70. The molecule has 1 heterocycles. The van der Waals surface area contributed by atoms with Crippen molar-refractivity contribution < 1.29 is 9.90 Å². The molecule has 1 rings (SSSR count). The first kappa shape index (κ1) is 11.1. The first-order valence-electron chi connectivity index (χ1n) is 4.98. The molecule has 0 saturated carbocycles. The molecule has 1 N–H and O–H groups in total. The van der Waals surface area contributed by atoms with Gasteiger partial charge in [-0.3, -0.25) is 9.69 Å². The summed E-state index contributed by atoms with van der Waals surface area (Å²) >= 11 is 0. The maximum atomic E-state index is 10.9. The van der Waals surface area contributed by atoms with Gasteiger partial charge in [0, 0.05) is 13.1 Å². The zero-order chi connectivity index (χ0) is 10.6.